The van der Waals surface area contributed by atoms with E-state index in [0.29, 0.717) is 39.4 Å². The van der Waals surface area contributed by atoms with Gasteiger partial charge in [0.15, 0.2) is 0 Å². The van der Waals surface area contributed by atoms with Gasteiger partial charge in [0, 0.05) is 27.7 Å². The minimum absolute atomic E-state index is 0.0243. The van der Waals surface area contributed by atoms with Gasteiger partial charge in [-0.1, -0.05) is 60.6 Å². The Morgan fingerprint density at radius 3 is 2.16 bits per heavy atom. The highest BCUT2D eigenvalue weighted by molar-refractivity contribution is 7.92. The molecule has 4 rings (SSSR count). The Morgan fingerprint density at radius 1 is 0.932 bits per heavy atom. The van der Waals surface area contributed by atoms with E-state index in [-0.39, 0.29) is 29.1 Å². The lowest BCUT2D eigenvalue weighted by Crippen LogP contribution is -2.53. The molecule has 2 amide bonds. The number of amides is 2. The van der Waals surface area contributed by atoms with Crippen LogP contribution in [0, 0.1) is 0 Å². The fourth-order valence-electron chi connectivity index (χ4n) is 5.26. The predicted molar refractivity (Wildman–Crippen MR) is 175 cm³/mol. The van der Waals surface area contributed by atoms with Gasteiger partial charge < -0.3 is 15.0 Å². The number of anilines is 1. The molecule has 1 aliphatic rings. The van der Waals surface area contributed by atoms with E-state index in [1.165, 1.54) is 29.2 Å². The number of nitrogens with one attached hydrogen (secondary N) is 1. The maximum atomic E-state index is 14.3. The van der Waals surface area contributed by atoms with Gasteiger partial charge in [0.25, 0.3) is 10.0 Å². The minimum atomic E-state index is -4.24. The van der Waals surface area contributed by atoms with E-state index >= 15 is 0 Å². The van der Waals surface area contributed by atoms with Crippen molar-refractivity contribution in [3.8, 4) is 5.75 Å². The summed E-state index contributed by atoms with van der Waals surface area (Å²) in [4.78, 5) is 29.2. The van der Waals surface area contributed by atoms with Gasteiger partial charge in [0.05, 0.1) is 17.2 Å². The summed E-state index contributed by atoms with van der Waals surface area (Å²) in [6, 6.07) is 16.3. The number of nitrogens with zero attached hydrogens (tertiary/aromatic N) is 2. The average molecular weight is 681 g/mol. The van der Waals surface area contributed by atoms with Crippen molar-refractivity contribution in [2.45, 2.75) is 69.5 Å². The molecule has 1 aliphatic carbocycles. The molecule has 0 aliphatic heterocycles. The molecular formula is C32H36Cl3N3O5S. The van der Waals surface area contributed by atoms with E-state index in [9.17, 15) is 18.0 Å². The zero-order chi connectivity index (χ0) is 31.9. The van der Waals surface area contributed by atoms with Crippen LogP contribution in [-0.4, -0.2) is 50.4 Å². The third-order valence-electron chi connectivity index (χ3n) is 7.56. The standard InChI is InChI=1S/C32H36Cl3N3O5S/c1-3-30(32(40)36-25-7-5-6-8-25)37(20-22-9-10-24(34)19-29(22)35)31(39)21-38(26-13-15-27(16-14-26)43-4-2)44(41,42)28-17-11-23(33)12-18-28/h9-19,25,30H,3-8,20-21H2,1-2H3,(H,36,40)/t30-/m1/s1. The second-order valence-corrected chi connectivity index (χ2v) is 13.7. The molecule has 1 atom stereocenters. The number of carbonyl (C=O) groups is 2. The summed E-state index contributed by atoms with van der Waals surface area (Å²) >= 11 is 18.6. The lowest BCUT2D eigenvalue weighted by Gasteiger charge is -2.34. The Kier molecular flexibility index (Phi) is 11.8. The molecule has 1 fully saturated rings. The molecule has 1 N–H and O–H groups in total. The molecule has 0 bridgehead atoms. The van der Waals surface area contributed by atoms with Crippen molar-refractivity contribution >= 4 is 62.3 Å². The van der Waals surface area contributed by atoms with Crippen molar-refractivity contribution in [2.75, 3.05) is 17.5 Å². The van der Waals surface area contributed by atoms with Gasteiger partial charge in [0.1, 0.15) is 18.3 Å². The smallest absolute Gasteiger partial charge is 0.264 e. The Bertz CT molecular complexity index is 1550. The van der Waals surface area contributed by atoms with Crippen molar-refractivity contribution in [1.82, 2.24) is 10.2 Å². The molecule has 0 aromatic heterocycles. The average Bonchev–Trinajstić information content (AvgIpc) is 3.50. The Balaban J connectivity index is 1.73. The van der Waals surface area contributed by atoms with Gasteiger partial charge in [-0.15, -0.1) is 0 Å². The molecule has 8 nitrogen and oxygen atoms in total. The number of rotatable bonds is 13. The van der Waals surface area contributed by atoms with Crippen molar-refractivity contribution in [2.24, 2.45) is 0 Å². The van der Waals surface area contributed by atoms with Crippen LogP contribution >= 0.6 is 34.8 Å². The van der Waals surface area contributed by atoms with Gasteiger partial charge in [0.2, 0.25) is 11.8 Å². The molecule has 1 saturated carbocycles. The third kappa shape index (κ3) is 8.38. The zero-order valence-corrected chi connectivity index (χ0v) is 27.7. The summed E-state index contributed by atoms with van der Waals surface area (Å²) < 4.78 is 34.6. The molecule has 0 radical (unpaired) electrons. The van der Waals surface area contributed by atoms with E-state index in [1.807, 2.05) is 13.8 Å². The molecule has 236 valence electrons. The molecular weight excluding hydrogens is 645 g/mol. The van der Waals surface area contributed by atoms with Crippen LogP contribution in [0.5, 0.6) is 5.75 Å². The summed E-state index contributed by atoms with van der Waals surface area (Å²) in [5.74, 6) is -0.304. The summed E-state index contributed by atoms with van der Waals surface area (Å²) in [5, 5.41) is 4.23. The van der Waals surface area contributed by atoms with Gasteiger partial charge >= 0.3 is 0 Å². The first-order valence-electron chi connectivity index (χ1n) is 14.6. The molecule has 0 unspecified atom stereocenters. The summed E-state index contributed by atoms with van der Waals surface area (Å²) in [7, 11) is -4.24. The lowest BCUT2D eigenvalue weighted by molar-refractivity contribution is -0.140. The van der Waals surface area contributed by atoms with E-state index < -0.39 is 28.5 Å². The van der Waals surface area contributed by atoms with Crippen LogP contribution in [0.1, 0.15) is 51.5 Å². The van der Waals surface area contributed by atoms with Gasteiger partial charge in [-0.2, -0.15) is 0 Å². The van der Waals surface area contributed by atoms with Crippen molar-refractivity contribution < 1.29 is 22.7 Å². The van der Waals surface area contributed by atoms with Crippen LogP contribution in [0.25, 0.3) is 0 Å². The Morgan fingerprint density at radius 2 is 1.57 bits per heavy atom. The second-order valence-electron chi connectivity index (χ2n) is 10.6. The summed E-state index contributed by atoms with van der Waals surface area (Å²) in [5.41, 5.74) is 0.828. The number of ether oxygens (including phenoxy) is 1. The number of hydrogen-bond acceptors (Lipinski definition) is 5. The zero-order valence-electron chi connectivity index (χ0n) is 24.6. The van der Waals surface area contributed by atoms with E-state index in [4.69, 9.17) is 39.5 Å². The predicted octanol–water partition coefficient (Wildman–Crippen LogP) is 7.11. The second kappa shape index (κ2) is 15.3. The Labute approximate surface area is 274 Å². The van der Waals surface area contributed by atoms with Gasteiger partial charge in [-0.3, -0.25) is 13.9 Å². The van der Waals surface area contributed by atoms with Crippen molar-refractivity contribution in [3.05, 3.63) is 87.4 Å². The first kappa shape index (κ1) is 33.9. The summed E-state index contributed by atoms with van der Waals surface area (Å²) in [6.07, 6.45) is 4.13. The first-order valence-corrected chi connectivity index (χ1v) is 17.2. The monoisotopic (exact) mass is 679 g/mol. The van der Waals surface area contributed by atoms with Crippen LogP contribution in [0.3, 0.4) is 0 Å². The van der Waals surface area contributed by atoms with Gasteiger partial charge in [-0.05, 0) is 92.4 Å². The van der Waals surface area contributed by atoms with Crippen molar-refractivity contribution in [3.63, 3.8) is 0 Å². The van der Waals surface area contributed by atoms with Crippen LogP contribution in [0.4, 0.5) is 5.69 Å². The van der Waals surface area contributed by atoms with E-state index in [1.54, 1.807) is 42.5 Å². The SMILES string of the molecule is CCOc1ccc(N(CC(=O)N(Cc2ccc(Cl)cc2Cl)[C@H](CC)C(=O)NC2CCCC2)S(=O)(=O)c2ccc(Cl)cc2)cc1. The number of carbonyl (C=O) groups excluding carboxylic acids is 2. The molecule has 0 saturated heterocycles. The molecule has 12 heteroatoms. The number of hydrogen-bond donors (Lipinski definition) is 1. The highest BCUT2D eigenvalue weighted by atomic mass is 35.5. The fraction of sp³-hybridized carbons (Fsp3) is 0.375. The topological polar surface area (TPSA) is 96.0 Å². The van der Waals surface area contributed by atoms with Gasteiger partial charge in [-0.25, -0.2) is 8.42 Å². The number of benzene rings is 3. The molecule has 44 heavy (non-hydrogen) atoms. The quantitative estimate of drug-likeness (QED) is 0.208. The van der Waals surface area contributed by atoms with Crippen LogP contribution in [0.2, 0.25) is 15.1 Å². The Hall–Kier alpha value is -2.98. The van der Waals surface area contributed by atoms with E-state index in [0.717, 1.165) is 30.0 Å². The first-order chi connectivity index (χ1) is 21.0. The maximum Gasteiger partial charge on any atom is 0.264 e. The highest BCUT2D eigenvalue weighted by Crippen LogP contribution is 2.29. The summed E-state index contributed by atoms with van der Waals surface area (Å²) in [6.45, 7) is 3.50. The van der Waals surface area contributed by atoms with E-state index in [2.05, 4.69) is 5.32 Å². The third-order valence-corrected chi connectivity index (χ3v) is 10.2. The number of halogens is 3. The lowest BCUT2D eigenvalue weighted by atomic mass is 10.1. The molecule has 3 aromatic rings. The van der Waals surface area contributed by atoms with Crippen molar-refractivity contribution in [1.29, 1.82) is 0 Å². The normalized spacial score (nSPS) is 14.2. The highest BCUT2D eigenvalue weighted by Gasteiger charge is 2.35. The van der Waals surface area contributed by atoms with Crippen LogP contribution in [-0.2, 0) is 26.2 Å². The molecule has 0 spiro atoms. The number of sulfonamides is 1. The minimum Gasteiger partial charge on any atom is -0.494 e. The molecule has 0 heterocycles. The molecule has 3 aromatic carbocycles. The maximum absolute atomic E-state index is 14.3. The van der Waals surface area contributed by atoms with Crippen LogP contribution in [0.15, 0.2) is 71.6 Å². The van der Waals surface area contributed by atoms with Crippen LogP contribution < -0.4 is 14.4 Å². The fourth-order valence-corrected chi connectivity index (χ4v) is 7.27. The largest absolute Gasteiger partial charge is 0.494 e.